The molecular formula is C17H28N2. The van der Waals surface area contributed by atoms with E-state index in [9.17, 15) is 0 Å². The van der Waals surface area contributed by atoms with Crippen molar-refractivity contribution in [3.63, 3.8) is 0 Å². The summed E-state index contributed by atoms with van der Waals surface area (Å²) in [4.78, 5) is 4.23. The minimum Gasteiger partial charge on any atom is -0.307 e. The van der Waals surface area contributed by atoms with E-state index in [-0.39, 0.29) is 0 Å². The van der Waals surface area contributed by atoms with Gasteiger partial charge in [0.15, 0.2) is 0 Å². The lowest BCUT2D eigenvalue weighted by Gasteiger charge is -2.39. The Labute approximate surface area is 118 Å². The molecule has 1 heterocycles. The first-order chi connectivity index (χ1) is 9.08. The van der Waals surface area contributed by atoms with E-state index in [4.69, 9.17) is 0 Å². The predicted molar refractivity (Wildman–Crippen MR) is 80.9 cm³/mol. The average molecular weight is 260 g/mol. The Hall–Kier alpha value is -0.890. The van der Waals surface area contributed by atoms with Gasteiger partial charge in [-0.2, -0.15) is 0 Å². The second kappa shape index (κ2) is 6.51. The first-order valence-electron chi connectivity index (χ1n) is 7.74. The maximum Gasteiger partial charge on any atom is 0.0315 e. The molecule has 106 valence electrons. The van der Waals surface area contributed by atoms with E-state index in [0.717, 1.165) is 17.8 Å². The van der Waals surface area contributed by atoms with Crippen molar-refractivity contribution in [2.45, 2.75) is 59.0 Å². The van der Waals surface area contributed by atoms with Crippen molar-refractivity contribution in [1.82, 2.24) is 10.3 Å². The van der Waals surface area contributed by atoms with Gasteiger partial charge in [-0.25, -0.2) is 0 Å². The van der Waals surface area contributed by atoms with E-state index in [1.54, 1.807) is 0 Å². The summed E-state index contributed by atoms with van der Waals surface area (Å²) < 4.78 is 0. The third kappa shape index (κ3) is 3.79. The summed E-state index contributed by atoms with van der Waals surface area (Å²) in [7, 11) is 0. The molecule has 1 aliphatic carbocycles. The number of rotatable bonds is 4. The molecule has 1 aliphatic rings. The zero-order valence-corrected chi connectivity index (χ0v) is 12.8. The van der Waals surface area contributed by atoms with E-state index in [0.29, 0.717) is 12.1 Å². The quantitative estimate of drug-likeness (QED) is 0.878. The zero-order chi connectivity index (χ0) is 13.8. The van der Waals surface area contributed by atoms with Crippen molar-refractivity contribution in [3.8, 4) is 0 Å². The minimum atomic E-state index is 0.394. The Balaban J connectivity index is 2.02. The molecule has 0 radical (unpaired) electrons. The highest BCUT2D eigenvalue weighted by Crippen LogP contribution is 2.34. The highest BCUT2D eigenvalue weighted by atomic mass is 15.0. The average Bonchev–Trinajstić information content (AvgIpc) is 2.39. The number of hydrogen-bond acceptors (Lipinski definition) is 2. The summed E-state index contributed by atoms with van der Waals surface area (Å²) in [6.07, 6.45) is 7.90. The van der Waals surface area contributed by atoms with Gasteiger partial charge < -0.3 is 5.32 Å². The lowest BCUT2D eigenvalue weighted by molar-refractivity contribution is 0.161. The molecule has 2 rings (SSSR count). The Bertz CT molecular complexity index is 374. The second-order valence-electron chi connectivity index (χ2n) is 6.61. The summed E-state index contributed by atoms with van der Waals surface area (Å²) in [6, 6.07) is 5.24. The predicted octanol–water partition coefficient (Wildman–Crippen LogP) is 4.19. The van der Waals surface area contributed by atoms with Crippen LogP contribution in [0.5, 0.6) is 0 Å². The fourth-order valence-corrected chi connectivity index (χ4v) is 3.44. The van der Waals surface area contributed by atoms with Crippen LogP contribution in [-0.2, 0) is 0 Å². The lowest BCUT2D eigenvalue weighted by Crippen LogP contribution is -2.43. The van der Waals surface area contributed by atoms with E-state index in [1.165, 1.54) is 24.8 Å². The van der Waals surface area contributed by atoms with Gasteiger partial charge in [0.2, 0.25) is 0 Å². The van der Waals surface area contributed by atoms with Gasteiger partial charge in [0.05, 0.1) is 0 Å². The Kier molecular flexibility index (Phi) is 4.98. The van der Waals surface area contributed by atoms with Gasteiger partial charge in [0, 0.05) is 24.5 Å². The second-order valence-corrected chi connectivity index (χ2v) is 6.61. The van der Waals surface area contributed by atoms with Crippen LogP contribution in [0.15, 0.2) is 24.5 Å². The lowest BCUT2D eigenvalue weighted by atomic mass is 9.73. The normalized spacial score (nSPS) is 29.4. The standard InChI is InChI=1S/C17H28N2/c1-12(2)16-8-7-13(3)10-17(16)19-14(4)15-6-5-9-18-11-15/h5-6,9,11-14,16-17,19H,7-8,10H2,1-4H3/t13?,14-,16?,17?/m0/s1. The third-order valence-corrected chi connectivity index (χ3v) is 4.67. The van der Waals surface area contributed by atoms with Crippen LogP contribution in [0.4, 0.5) is 0 Å². The molecule has 0 spiro atoms. The number of nitrogens with one attached hydrogen (secondary N) is 1. The van der Waals surface area contributed by atoms with Crippen molar-refractivity contribution < 1.29 is 0 Å². The molecular weight excluding hydrogens is 232 g/mol. The van der Waals surface area contributed by atoms with Crippen molar-refractivity contribution in [3.05, 3.63) is 30.1 Å². The monoisotopic (exact) mass is 260 g/mol. The Morgan fingerprint density at radius 1 is 1.26 bits per heavy atom. The molecule has 0 aliphatic heterocycles. The van der Waals surface area contributed by atoms with Gasteiger partial charge in [-0.3, -0.25) is 4.98 Å². The van der Waals surface area contributed by atoms with E-state index >= 15 is 0 Å². The molecule has 4 atom stereocenters. The molecule has 1 fully saturated rings. The first-order valence-corrected chi connectivity index (χ1v) is 7.74. The van der Waals surface area contributed by atoms with E-state index < -0.39 is 0 Å². The molecule has 1 N–H and O–H groups in total. The van der Waals surface area contributed by atoms with Crippen LogP contribution in [0.3, 0.4) is 0 Å². The van der Waals surface area contributed by atoms with E-state index in [2.05, 4.69) is 44.1 Å². The Morgan fingerprint density at radius 2 is 2.05 bits per heavy atom. The zero-order valence-electron chi connectivity index (χ0n) is 12.8. The third-order valence-electron chi connectivity index (χ3n) is 4.67. The van der Waals surface area contributed by atoms with Crippen molar-refractivity contribution in [2.24, 2.45) is 17.8 Å². The van der Waals surface area contributed by atoms with E-state index in [1.807, 2.05) is 18.5 Å². The maximum atomic E-state index is 4.23. The fourth-order valence-electron chi connectivity index (χ4n) is 3.44. The van der Waals surface area contributed by atoms with Crippen molar-refractivity contribution in [1.29, 1.82) is 0 Å². The Morgan fingerprint density at radius 3 is 2.68 bits per heavy atom. The molecule has 0 saturated heterocycles. The largest absolute Gasteiger partial charge is 0.307 e. The van der Waals surface area contributed by atoms with Gasteiger partial charge in [-0.05, 0) is 49.1 Å². The van der Waals surface area contributed by atoms with Gasteiger partial charge in [-0.1, -0.05) is 33.3 Å². The topological polar surface area (TPSA) is 24.9 Å². The van der Waals surface area contributed by atoms with Gasteiger partial charge in [0.1, 0.15) is 0 Å². The maximum absolute atomic E-state index is 4.23. The minimum absolute atomic E-state index is 0.394. The number of aromatic nitrogens is 1. The summed E-state index contributed by atoms with van der Waals surface area (Å²) >= 11 is 0. The highest BCUT2D eigenvalue weighted by molar-refractivity contribution is 5.13. The molecule has 2 nitrogen and oxygen atoms in total. The van der Waals surface area contributed by atoms with Crippen LogP contribution in [-0.4, -0.2) is 11.0 Å². The highest BCUT2D eigenvalue weighted by Gasteiger charge is 2.31. The molecule has 0 amide bonds. The number of hydrogen-bond donors (Lipinski definition) is 1. The van der Waals surface area contributed by atoms with Crippen LogP contribution in [0.1, 0.15) is 58.6 Å². The molecule has 19 heavy (non-hydrogen) atoms. The smallest absolute Gasteiger partial charge is 0.0315 e. The summed E-state index contributed by atoms with van der Waals surface area (Å²) in [6.45, 7) is 9.38. The van der Waals surface area contributed by atoms with Crippen LogP contribution in [0, 0.1) is 17.8 Å². The molecule has 0 bridgehead atoms. The van der Waals surface area contributed by atoms with Gasteiger partial charge in [-0.15, -0.1) is 0 Å². The van der Waals surface area contributed by atoms with Crippen LogP contribution < -0.4 is 5.32 Å². The van der Waals surface area contributed by atoms with Gasteiger partial charge >= 0.3 is 0 Å². The molecule has 0 aromatic carbocycles. The molecule has 1 aromatic heterocycles. The first kappa shape index (κ1) is 14.5. The SMILES string of the molecule is CC1CCC(C(C)C)C(N[C@@H](C)c2cccnc2)C1. The van der Waals surface area contributed by atoms with Crippen LogP contribution in [0.25, 0.3) is 0 Å². The van der Waals surface area contributed by atoms with Crippen LogP contribution in [0.2, 0.25) is 0 Å². The summed E-state index contributed by atoms with van der Waals surface area (Å²) in [5.41, 5.74) is 1.29. The van der Waals surface area contributed by atoms with Gasteiger partial charge in [0.25, 0.3) is 0 Å². The number of pyridine rings is 1. The van der Waals surface area contributed by atoms with Crippen molar-refractivity contribution >= 4 is 0 Å². The van der Waals surface area contributed by atoms with Crippen LogP contribution >= 0.6 is 0 Å². The molecule has 3 unspecified atom stereocenters. The summed E-state index contributed by atoms with van der Waals surface area (Å²) in [5, 5.41) is 3.86. The number of nitrogens with zero attached hydrogens (tertiary/aromatic N) is 1. The molecule has 1 saturated carbocycles. The molecule has 1 aromatic rings. The van der Waals surface area contributed by atoms with Crippen molar-refractivity contribution in [2.75, 3.05) is 0 Å². The summed E-state index contributed by atoms with van der Waals surface area (Å²) in [5.74, 6) is 2.44. The molecule has 2 heteroatoms. The fraction of sp³-hybridized carbons (Fsp3) is 0.706.